The summed E-state index contributed by atoms with van der Waals surface area (Å²) in [6.07, 6.45) is 2.68. The number of benzene rings is 1. The summed E-state index contributed by atoms with van der Waals surface area (Å²) in [5.41, 5.74) is 1.91. The van der Waals surface area contributed by atoms with Crippen molar-refractivity contribution in [1.29, 1.82) is 5.26 Å². The zero-order chi connectivity index (χ0) is 15.2. The Kier molecular flexibility index (Phi) is 4.57. The van der Waals surface area contributed by atoms with Gasteiger partial charge >= 0.3 is 0 Å². The first-order chi connectivity index (χ1) is 10.2. The molecule has 1 N–H and O–H groups in total. The third-order valence-electron chi connectivity index (χ3n) is 3.12. The van der Waals surface area contributed by atoms with E-state index in [9.17, 15) is 10.1 Å². The molecule has 0 aliphatic carbocycles. The molecule has 1 aromatic carbocycles. The van der Waals surface area contributed by atoms with Crippen LogP contribution in [0.25, 0.3) is 0 Å². The zero-order valence-corrected chi connectivity index (χ0v) is 11.7. The summed E-state index contributed by atoms with van der Waals surface area (Å²) >= 11 is 0. The minimum atomic E-state index is -0.387. The first-order valence-electron chi connectivity index (χ1n) is 6.72. The highest BCUT2D eigenvalue weighted by Gasteiger charge is 2.14. The SMILES string of the molecule is CCCNc1ccc(Cn2cccc2C#N)cc1[N+](=O)[O-]. The summed E-state index contributed by atoms with van der Waals surface area (Å²) in [7, 11) is 0. The molecule has 108 valence electrons. The van der Waals surface area contributed by atoms with Gasteiger partial charge in [-0.2, -0.15) is 5.26 Å². The largest absolute Gasteiger partial charge is 0.380 e. The van der Waals surface area contributed by atoms with Gasteiger partial charge in [0, 0.05) is 25.4 Å². The van der Waals surface area contributed by atoms with E-state index in [1.807, 2.05) is 13.0 Å². The van der Waals surface area contributed by atoms with E-state index in [4.69, 9.17) is 5.26 Å². The second kappa shape index (κ2) is 6.57. The molecule has 6 nitrogen and oxygen atoms in total. The quantitative estimate of drug-likeness (QED) is 0.652. The molecule has 0 unspecified atom stereocenters. The maximum absolute atomic E-state index is 11.2. The zero-order valence-electron chi connectivity index (χ0n) is 11.7. The number of nitriles is 1. The maximum Gasteiger partial charge on any atom is 0.292 e. The number of rotatable bonds is 6. The molecule has 0 saturated heterocycles. The maximum atomic E-state index is 11.2. The Labute approximate surface area is 122 Å². The Morgan fingerprint density at radius 1 is 1.43 bits per heavy atom. The highest BCUT2D eigenvalue weighted by Crippen LogP contribution is 2.26. The molecular formula is C15H16N4O2. The molecule has 0 radical (unpaired) electrons. The van der Waals surface area contributed by atoms with Crippen molar-refractivity contribution in [3.63, 3.8) is 0 Å². The van der Waals surface area contributed by atoms with E-state index in [2.05, 4.69) is 11.4 Å². The minimum Gasteiger partial charge on any atom is -0.380 e. The number of hydrogen-bond acceptors (Lipinski definition) is 4. The van der Waals surface area contributed by atoms with Crippen molar-refractivity contribution in [2.45, 2.75) is 19.9 Å². The predicted octanol–water partition coefficient (Wildman–Crippen LogP) is 3.14. The van der Waals surface area contributed by atoms with Gasteiger partial charge in [0.25, 0.3) is 5.69 Å². The summed E-state index contributed by atoms with van der Waals surface area (Å²) in [5, 5.41) is 23.2. The van der Waals surface area contributed by atoms with E-state index in [0.717, 1.165) is 12.0 Å². The lowest BCUT2D eigenvalue weighted by Crippen LogP contribution is -2.05. The molecule has 2 aromatic rings. The Balaban J connectivity index is 2.28. The van der Waals surface area contributed by atoms with Crippen LogP contribution in [0.15, 0.2) is 36.5 Å². The minimum absolute atomic E-state index is 0.0617. The second-order valence-electron chi connectivity index (χ2n) is 4.67. The Bertz CT molecular complexity index is 685. The second-order valence-corrected chi connectivity index (χ2v) is 4.67. The van der Waals surface area contributed by atoms with Crippen LogP contribution < -0.4 is 5.32 Å². The average Bonchev–Trinajstić information content (AvgIpc) is 2.92. The molecule has 0 atom stereocenters. The number of aromatic nitrogens is 1. The van der Waals surface area contributed by atoms with Crippen LogP contribution in [-0.4, -0.2) is 16.0 Å². The normalized spacial score (nSPS) is 10.1. The fourth-order valence-electron chi connectivity index (χ4n) is 2.09. The smallest absolute Gasteiger partial charge is 0.292 e. The molecule has 0 saturated carbocycles. The number of nitro benzene ring substituents is 1. The fraction of sp³-hybridized carbons (Fsp3) is 0.267. The van der Waals surface area contributed by atoms with Crippen LogP contribution in [0.4, 0.5) is 11.4 Å². The molecular weight excluding hydrogens is 268 g/mol. The average molecular weight is 284 g/mol. The highest BCUT2D eigenvalue weighted by atomic mass is 16.6. The Hall–Kier alpha value is -2.81. The van der Waals surface area contributed by atoms with Crippen molar-refractivity contribution in [3.8, 4) is 6.07 Å². The molecule has 0 fully saturated rings. The van der Waals surface area contributed by atoms with Gasteiger partial charge in [0.2, 0.25) is 0 Å². The molecule has 1 aromatic heterocycles. The standard InChI is InChI=1S/C15H16N4O2/c1-2-7-17-14-6-5-12(9-15(14)19(20)21)11-18-8-3-4-13(18)10-16/h3-6,8-9,17H,2,7,11H2,1H3. The number of nitro groups is 1. The van der Waals surface area contributed by atoms with Crippen LogP contribution in [0.5, 0.6) is 0 Å². The number of nitrogens with zero attached hydrogens (tertiary/aromatic N) is 3. The monoisotopic (exact) mass is 284 g/mol. The van der Waals surface area contributed by atoms with Crippen LogP contribution in [-0.2, 0) is 6.54 Å². The first kappa shape index (κ1) is 14.6. The van der Waals surface area contributed by atoms with Crippen LogP contribution in [0.2, 0.25) is 0 Å². The van der Waals surface area contributed by atoms with Crippen LogP contribution in [0.1, 0.15) is 24.6 Å². The summed E-state index contributed by atoms with van der Waals surface area (Å²) in [6.45, 7) is 3.13. The van der Waals surface area contributed by atoms with Crippen LogP contribution in [0, 0.1) is 21.4 Å². The Morgan fingerprint density at radius 3 is 2.90 bits per heavy atom. The molecule has 0 bridgehead atoms. The van der Waals surface area contributed by atoms with Crippen molar-refractivity contribution in [1.82, 2.24) is 4.57 Å². The third-order valence-corrected chi connectivity index (χ3v) is 3.12. The lowest BCUT2D eigenvalue weighted by molar-refractivity contribution is -0.384. The van der Waals surface area contributed by atoms with E-state index in [0.29, 0.717) is 24.5 Å². The van der Waals surface area contributed by atoms with Gasteiger partial charge in [-0.1, -0.05) is 13.0 Å². The summed E-state index contributed by atoms with van der Waals surface area (Å²) in [6, 6.07) is 10.7. The van der Waals surface area contributed by atoms with Crippen molar-refractivity contribution in [3.05, 3.63) is 57.9 Å². The highest BCUT2D eigenvalue weighted by molar-refractivity contribution is 5.62. The molecule has 0 spiro atoms. The molecule has 6 heteroatoms. The van der Waals surface area contributed by atoms with Crippen LogP contribution >= 0.6 is 0 Å². The summed E-state index contributed by atoms with van der Waals surface area (Å²) in [4.78, 5) is 10.8. The molecule has 21 heavy (non-hydrogen) atoms. The van der Waals surface area contributed by atoms with E-state index < -0.39 is 0 Å². The molecule has 0 aliphatic heterocycles. The topological polar surface area (TPSA) is 83.9 Å². The van der Waals surface area contributed by atoms with Gasteiger partial charge in [-0.3, -0.25) is 10.1 Å². The number of anilines is 1. The van der Waals surface area contributed by atoms with Gasteiger partial charge in [0.1, 0.15) is 17.5 Å². The molecule has 0 amide bonds. The predicted molar refractivity (Wildman–Crippen MR) is 80.1 cm³/mol. The van der Waals surface area contributed by atoms with Gasteiger partial charge in [0.15, 0.2) is 0 Å². The van der Waals surface area contributed by atoms with Gasteiger partial charge in [-0.05, 0) is 30.2 Å². The van der Waals surface area contributed by atoms with Gasteiger partial charge < -0.3 is 9.88 Å². The summed E-state index contributed by atoms with van der Waals surface area (Å²) < 4.78 is 1.76. The molecule has 0 aliphatic rings. The van der Waals surface area contributed by atoms with Crippen molar-refractivity contribution in [2.75, 3.05) is 11.9 Å². The number of nitrogens with one attached hydrogen (secondary N) is 1. The lowest BCUT2D eigenvalue weighted by Gasteiger charge is -2.09. The van der Waals surface area contributed by atoms with Gasteiger partial charge in [-0.25, -0.2) is 0 Å². The molecule has 2 rings (SSSR count). The Morgan fingerprint density at radius 2 is 2.24 bits per heavy atom. The molecule has 1 heterocycles. The van der Waals surface area contributed by atoms with E-state index in [1.54, 1.807) is 35.0 Å². The van der Waals surface area contributed by atoms with Gasteiger partial charge in [-0.15, -0.1) is 0 Å². The van der Waals surface area contributed by atoms with E-state index >= 15 is 0 Å². The lowest BCUT2D eigenvalue weighted by atomic mass is 10.1. The van der Waals surface area contributed by atoms with Gasteiger partial charge in [0.05, 0.1) is 4.92 Å². The van der Waals surface area contributed by atoms with Crippen molar-refractivity contribution in [2.24, 2.45) is 0 Å². The fourth-order valence-corrected chi connectivity index (χ4v) is 2.09. The first-order valence-corrected chi connectivity index (χ1v) is 6.72. The van der Waals surface area contributed by atoms with Crippen LogP contribution in [0.3, 0.4) is 0 Å². The van der Waals surface area contributed by atoms with E-state index in [1.165, 1.54) is 0 Å². The van der Waals surface area contributed by atoms with Crippen molar-refractivity contribution >= 4 is 11.4 Å². The third kappa shape index (κ3) is 3.39. The van der Waals surface area contributed by atoms with Crippen molar-refractivity contribution < 1.29 is 4.92 Å². The summed E-state index contributed by atoms with van der Waals surface area (Å²) in [5.74, 6) is 0. The van der Waals surface area contributed by atoms with E-state index in [-0.39, 0.29) is 10.6 Å². The number of hydrogen-bond donors (Lipinski definition) is 1.